The van der Waals surface area contributed by atoms with E-state index in [1.54, 1.807) is 0 Å². The van der Waals surface area contributed by atoms with Gasteiger partial charge in [0.15, 0.2) is 0 Å². The quantitative estimate of drug-likeness (QED) is 0.692. The summed E-state index contributed by atoms with van der Waals surface area (Å²) in [5.41, 5.74) is 1.36. The largest absolute Gasteiger partial charge is 0.117 e. The van der Waals surface area contributed by atoms with Gasteiger partial charge in [-0.05, 0) is 40.5 Å². The minimum Gasteiger partial charge on any atom is -0.117 e. The molecule has 2 rings (SSSR count). The molecule has 2 heteroatoms. The van der Waals surface area contributed by atoms with Crippen molar-refractivity contribution in [1.82, 2.24) is 0 Å². The molecule has 0 saturated heterocycles. The lowest BCUT2D eigenvalue weighted by atomic mass is 10.2. The van der Waals surface area contributed by atoms with Crippen LogP contribution in [-0.4, -0.2) is 0 Å². The van der Waals surface area contributed by atoms with E-state index in [1.165, 1.54) is 14.9 Å². The van der Waals surface area contributed by atoms with Crippen molar-refractivity contribution >= 4 is 27.7 Å². The minimum absolute atomic E-state index is 0.472. The van der Waals surface area contributed by atoms with Crippen molar-refractivity contribution in [2.45, 2.75) is 17.1 Å². The molecule has 0 aliphatic carbocycles. The Bertz CT molecular complexity index is 453. The Balaban J connectivity index is 2.14. The zero-order valence-corrected chi connectivity index (χ0v) is 11.5. The number of thioether (sulfide) groups is 1. The zero-order valence-electron chi connectivity index (χ0n) is 9.06. The highest BCUT2D eigenvalue weighted by molar-refractivity contribution is 9.10. The molecule has 2 aromatic rings. The Morgan fingerprint density at radius 2 is 1.56 bits per heavy atom. The van der Waals surface area contributed by atoms with Gasteiger partial charge in [0, 0.05) is 14.6 Å². The van der Waals surface area contributed by atoms with Crippen LogP contribution in [0.15, 0.2) is 64.0 Å². The van der Waals surface area contributed by atoms with Gasteiger partial charge < -0.3 is 0 Å². The summed E-state index contributed by atoms with van der Waals surface area (Å²) in [5, 5.41) is 0.472. The number of benzene rings is 2. The second-order valence-electron chi connectivity index (χ2n) is 3.60. The number of rotatable bonds is 3. The molecule has 0 fully saturated rings. The molecule has 1 unspecified atom stereocenters. The summed E-state index contributed by atoms with van der Waals surface area (Å²) in [4.78, 5) is 1.29. The van der Waals surface area contributed by atoms with Crippen LogP contribution in [0.5, 0.6) is 0 Å². The van der Waals surface area contributed by atoms with Gasteiger partial charge in [-0.2, -0.15) is 0 Å². The first kappa shape index (κ1) is 11.7. The molecule has 0 aliphatic heterocycles. The molecule has 0 radical (unpaired) electrons. The maximum absolute atomic E-state index is 3.58. The van der Waals surface area contributed by atoms with Crippen molar-refractivity contribution in [3.63, 3.8) is 0 Å². The van der Waals surface area contributed by atoms with Gasteiger partial charge in [-0.25, -0.2) is 0 Å². The molecule has 0 aliphatic rings. The van der Waals surface area contributed by atoms with Crippen LogP contribution < -0.4 is 0 Å². The SMILES string of the molecule is CC(Sc1ccccc1Br)c1ccccc1. The lowest BCUT2D eigenvalue weighted by Gasteiger charge is -2.12. The van der Waals surface area contributed by atoms with E-state index < -0.39 is 0 Å². The smallest absolute Gasteiger partial charge is 0.0316 e. The van der Waals surface area contributed by atoms with Crippen molar-refractivity contribution in [3.8, 4) is 0 Å². The third-order valence-electron chi connectivity index (χ3n) is 2.41. The molecule has 2 aromatic carbocycles. The van der Waals surface area contributed by atoms with Gasteiger partial charge in [0.2, 0.25) is 0 Å². The van der Waals surface area contributed by atoms with Crippen LogP contribution in [0.4, 0.5) is 0 Å². The molecule has 0 saturated carbocycles. The predicted molar refractivity (Wildman–Crippen MR) is 74.9 cm³/mol. The van der Waals surface area contributed by atoms with Crippen molar-refractivity contribution in [2.75, 3.05) is 0 Å². The van der Waals surface area contributed by atoms with E-state index in [9.17, 15) is 0 Å². The van der Waals surface area contributed by atoms with Crippen LogP contribution in [0.1, 0.15) is 17.7 Å². The Morgan fingerprint density at radius 3 is 2.25 bits per heavy atom. The average Bonchev–Trinajstić information content (AvgIpc) is 2.33. The molecule has 0 heterocycles. The first-order valence-electron chi connectivity index (χ1n) is 5.23. The lowest BCUT2D eigenvalue weighted by molar-refractivity contribution is 1.09. The summed E-state index contributed by atoms with van der Waals surface area (Å²) >= 11 is 5.45. The van der Waals surface area contributed by atoms with Crippen LogP contribution >= 0.6 is 27.7 Å². The summed E-state index contributed by atoms with van der Waals surface area (Å²) in [6.45, 7) is 2.24. The van der Waals surface area contributed by atoms with Crippen LogP contribution in [0.2, 0.25) is 0 Å². The van der Waals surface area contributed by atoms with E-state index >= 15 is 0 Å². The minimum atomic E-state index is 0.472. The second-order valence-corrected chi connectivity index (χ2v) is 5.84. The topological polar surface area (TPSA) is 0 Å². The van der Waals surface area contributed by atoms with Gasteiger partial charge in [0.1, 0.15) is 0 Å². The van der Waals surface area contributed by atoms with Gasteiger partial charge in [-0.1, -0.05) is 42.5 Å². The van der Waals surface area contributed by atoms with Gasteiger partial charge >= 0.3 is 0 Å². The van der Waals surface area contributed by atoms with Crippen LogP contribution in [0.3, 0.4) is 0 Å². The lowest BCUT2D eigenvalue weighted by Crippen LogP contribution is -1.87. The number of hydrogen-bond acceptors (Lipinski definition) is 1. The van der Waals surface area contributed by atoms with Crippen molar-refractivity contribution in [2.24, 2.45) is 0 Å². The summed E-state index contributed by atoms with van der Waals surface area (Å²) in [7, 11) is 0. The molecular formula is C14H13BrS. The molecule has 0 aromatic heterocycles. The molecule has 0 N–H and O–H groups in total. The Labute approximate surface area is 109 Å². The zero-order chi connectivity index (χ0) is 11.4. The van der Waals surface area contributed by atoms with E-state index in [0.29, 0.717) is 5.25 Å². The second kappa shape index (κ2) is 5.55. The highest BCUT2D eigenvalue weighted by Gasteiger charge is 2.08. The normalized spacial score (nSPS) is 12.4. The third-order valence-corrected chi connectivity index (χ3v) is 4.60. The van der Waals surface area contributed by atoms with Crippen molar-refractivity contribution in [3.05, 3.63) is 64.6 Å². The summed E-state index contributed by atoms with van der Waals surface area (Å²) < 4.78 is 1.17. The highest BCUT2D eigenvalue weighted by Crippen LogP contribution is 2.38. The number of halogens is 1. The molecular weight excluding hydrogens is 280 g/mol. The standard InChI is InChI=1S/C14H13BrS/c1-11(12-7-3-2-4-8-12)16-14-10-6-5-9-13(14)15/h2-11H,1H3. The molecule has 82 valence electrons. The number of hydrogen-bond donors (Lipinski definition) is 0. The highest BCUT2D eigenvalue weighted by atomic mass is 79.9. The molecule has 16 heavy (non-hydrogen) atoms. The van der Waals surface area contributed by atoms with E-state index in [0.717, 1.165) is 0 Å². The van der Waals surface area contributed by atoms with Crippen LogP contribution in [-0.2, 0) is 0 Å². The Morgan fingerprint density at radius 1 is 0.938 bits per heavy atom. The predicted octanol–water partition coefficient (Wildman–Crippen LogP) is 5.30. The maximum atomic E-state index is 3.58. The fraction of sp³-hybridized carbons (Fsp3) is 0.143. The van der Waals surface area contributed by atoms with E-state index in [4.69, 9.17) is 0 Å². The first-order valence-corrected chi connectivity index (χ1v) is 6.91. The van der Waals surface area contributed by atoms with Crippen LogP contribution in [0.25, 0.3) is 0 Å². The third kappa shape index (κ3) is 2.89. The fourth-order valence-electron chi connectivity index (χ4n) is 1.52. The summed E-state index contributed by atoms with van der Waals surface area (Å²) in [5.74, 6) is 0. The van der Waals surface area contributed by atoms with Crippen LogP contribution in [0, 0.1) is 0 Å². The monoisotopic (exact) mass is 292 g/mol. The molecule has 1 atom stereocenters. The van der Waals surface area contributed by atoms with E-state index in [2.05, 4.69) is 71.4 Å². The molecule has 0 spiro atoms. The molecule has 0 nitrogen and oxygen atoms in total. The Hall–Kier alpha value is -0.730. The van der Waals surface area contributed by atoms with Crippen molar-refractivity contribution in [1.29, 1.82) is 0 Å². The van der Waals surface area contributed by atoms with E-state index in [1.807, 2.05) is 17.8 Å². The van der Waals surface area contributed by atoms with Gasteiger partial charge in [-0.3, -0.25) is 0 Å². The van der Waals surface area contributed by atoms with E-state index in [-0.39, 0.29) is 0 Å². The van der Waals surface area contributed by atoms with Gasteiger partial charge in [-0.15, -0.1) is 11.8 Å². The molecule has 0 amide bonds. The Kier molecular flexibility index (Phi) is 4.08. The summed E-state index contributed by atoms with van der Waals surface area (Å²) in [6, 6.07) is 18.9. The van der Waals surface area contributed by atoms with Crippen molar-refractivity contribution < 1.29 is 0 Å². The van der Waals surface area contributed by atoms with Gasteiger partial charge in [0.05, 0.1) is 0 Å². The average molecular weight is 293 g/mol. The summed E-state index contributed by atoms with van der Waals surface area (Å²) in [6.07, 6.45) is 0. The van der Waals surface area contributed by atoms with Gasteiger partial charge in [0.25, 0.3) is 0 Å². The molecule has 0 bridgehead atoms. The maximum Gasteiger partial charge on any atom is 0.0316 e. The fourth-order valence-corrected chi connectivity index (χ4v) is 3.10. The first-order chi connectivity index (χ1) is 7.77.